The molecule has 122 valence electrons. The zero-order chi connectivity index (χ0) is 16.7. The summed E-state index contributed by atoms with van der Waals surface area (Å²) in [6, 6.07) is 7.87. The van der Waals surface area contributed by atoms with Gasteiger partial charge in [-0.2, -0.15) is 0 Å². The molecule has 0 saturated carbocycles. The second-order valence-electron chi connectivity index (χ2n) is 5.51. The van der Waals surface area contributed by atoms with Gasteiger partial charge in [0.2, 0.25) is 0 Å². The van der Waals surface area contributed by atoms with Crippen LogP contribution in [0.25, 0.3) is 15.9 Å². The average Bonchev–Trinajstić information content (AvgIpc) is 3.15. The van der Waals surface area contributed by atoms with Crippen molar-refractivity contribution >= 4 is 39.0 Å². The van der Waals surface area contributed by atoms with E-state index in [0.29, 0.717) is 12.3 Å². The normalized spacial score (nSPS) is 11.6. The number of thioether (sulfide) groups is 1. The molecule has 0 aliphatic rings. The number of aryl methyl sites for hydroxylation is 1. The molecule has 0 amide bonds. The van der Waals surface area contributed by atoms with Crippen molar-refractivity contribution in [3.8, 4) is 0 Å². The highest BCUT2D eigenvalue weighted by atomic mass is 32.2. The molecule has 4 rings (SSSR count). The summed E-state index contributed by atoms with van der Waals surface area (Å²) >= 11 is 3.13. The Morgan fingerprint density at radius 1 is 1.29 bits per heavy atom. The van der Waals surface area contributed by atoms with E-state index in [1.165, 1.54) is 0 Å². The third kappa shape index (κ3) is 2.63. The van der Waals surface area contributed by atoms with Crippen LogP contribution in [0.3, 0.4) is 0 Å². The van der Waals surface area contributed by atoms with E-state index in [4.69, 9.17) is 4.98 Å². The minimum atomic E-state index is 0.0457. The summed E-state index contributed by atoms with van der Waals surface area (Å²) in [5.41, 5.74) is 1.95. The van der Waals surface area contributed by atoms with Crippen LogP contribution in [0, 0.1) is 6.92 Å². The number of hydrogen-bond donors (Lipinski definition) is 0. The van der Waals surface area contributed by atoms with Crippen LogP contribution in [0.1, 0.15) is 17.5 Å². The summed E-state index contributed by atoms with van der Waals surface area (Å²) in [5, 5.41) is 1.48. The van der Waals surface area contributed by atoms with Crippen molar-refractivity contribution < 1.29 is 0 Å². The Kier molecular flexibility index (Phi) is 3.90. The first-order valence-electron chi connectivity index (χ1n) is 7.72. The second kappa shape index (κ2) is 6.07. The predicted octanol–water partition coefficient (Wildman–Crippen LogP) is 3.73. The molecule has 0 aliphatic heterocycles. The van der Waals surface area contributed by atoms with Crippen LogP contribution in [0.5, 0.6) is 0 Å². The third-order valence-electron chi connectivity index (χ3n) is 3.82. The van der Waals surface area contributed by atoms with E-state index in [0.717, 1.165) is 31.6 Å². The van der Waals surface area contributed by atoms with Crippen LogP contribution in [0.15, 0.2) is 46.6 Å². The highest BCUT2D eigenvalue weighted by Gasteiger charge is 2.13. The summed E-state index contributed by atoms with van der Waals surface area (Å²) in [6.07, 6.45) is 4.00. The fraction of sp³-hybridized carbons (Fsp3) is 0.235. The van der Waals surface area contributed by atoms with Gasteiger partial charge in [0, 0.05) is 29.6 Å². The molecule has 0 fully saturated rings. The molecule has 0 atom stereocenters. The van der Waals surface area contributed by atoms with Crippen molar-refractivity contribution in [3.63, 3.8) is 0 Å². The Bertz CT molecular complexity index is 1060. The van der Waals surface area contributed by atoms with Crippen LogP contribution in [0.2, 0.25) is 0 Å². The molecule has 5 nitrogen and oxygen atoms in total. The molecule has 4 aromatic heterocycles. The lowest BCUT2D eigenvalue weighted by molar-refractivity contribution is 0.635. The van der Waals surface area contributed by atoms with Gasteiger partial charge < -0.3 is 4.40 Å². The van der Waals surface area contributed by atoms with Crippen molar-refractivity contribution in [1.82, 2.24) is 18.9 Å². The van der Waals surface area contributed by atoms with E-state index in [1.807, 2.05) is 54.9 Å². The van der Waals surface area contributed by atoms with E-state index in [1.54, 1.807) is 27.7 Å². The molecule has 4 aromatic rings. The number of pyridine rings is 1. The Hall–Kier alpha value is -2.12. The molecule has 0 saturated heterocycles. The lowest BCUT2D eigenvalue weighted by atomic mass is 10.4. The summed E-state index contributed by atoms with van der Waals surface area (Å²) < 4.78 is 3.75. The van der Waals surface area contributed by atoms with Crippen LogP contribution < -0.4 is 5.56 Å². The van der Waals surface area contributed by atoms with Crippen LogP contribution in [0.4, 0.5) is 0 Å². The first kappa shape index (κ1) is 15.4. The third-order valence-corrected chi connectivity index (χ3v) is 5.77. The molecule has 7 heteroatoms. The maximum Gasteiger partial charge on any atom is 0.262 e. The first-order chi connectivity index (χ1) is 11.7. The summed E-state index contributed by atoms with van der Waals surface area (Å²) in [4.78, 5) is 23.9. The average molecular weight is 356 g/mol. The van der Waals surface area contributed by atoms with Crippen molar-refractivity contribution in [2.75, 3.05) is 0 Å². The van der Waals surface area contributed by atoms with Crippen LogP contribution in [-0.4, -0.2) is 18.9 Å². The Morgan fingerprint density at radius 2 is 2.17 bits per heavy atom. The van der Waals surface area contributed by atoms with Crippen molar-refractivity contribution in [1.29, 1.82) is 0 Å². The summed E-state index contributed by atoms with van der Waals surface area (Å²) in [6.45, 7) is 4.60. The fourth-order valence-electron chi connectivity index (χ4n) is 2.70. The van der Waals surface area contributed by atoms with E-state index in [-0.39, 0.29) is 5.56 Å². The first-order valence-corrected chi connectivity index (χ1v) is 9.52. The number of aromatic nitrogens is 4. The highest BCUT2D eigenvalue weighted by molar-refractivity contribution is 7.98. The van der Waals surface area contributed by atoms with Gasteiger partial charge in [-0.1, -0.05) is 17.8 Å². The smallest absolute Gasteiger partial charge is 0.262 e. The second-order valence-corrected chi connectivity index (χ2v) is 7.68. The topological polar surface area (TPSA) is 52.2 Å². The zero-order valence-corrected chi connectivity index (χ0v) is 15.0. The van der Waals surface area contributed by atoms with Gasteiger partial charge in [-0.3, -0.25) is 9.36 Å². The van der Waals surface area contributed by atoms with Crippen molar-refractivity contribution in [3.05, 3.63) is 57.6 Å². The summed E-state index contributed by atoms with van der Waals surface area (Å²) in [5.74, 6) is 0.685. The van der Waals surface area contributed by atoms with Gasteiger partial charge in [-0.05, 0) is 32.0 Å². The number of imidazole rings is 1. The minimum Gasteiger partial charge on any atom is -0.307 e. The van der Waals surface area contributed by atoms with E-state index in [9.17, 15) is 4.79 Å². The van der Waals surface area contributed by atoms with E-state index in [2.05, 4.69) is 4.98 Å². The lowest BCUT2D eigenvalue weighted by Crippen LogP contribution is -2.21. The monoisotopic (exact) mass is 356 g/mol. The molecular weight excluding hydrogens is 340 g/mol. The SMILES string of the molecule is CCn1c(SCc2cn3ccccc3n2)nc2sc(C)cc2c1=O. The van der Waals surface area contributed by atoms with Crippen molar-refractivity contribution in [2.45, 2.75) is 31.3 Å². The molecule has 4 heterocycles. The molecule has 0 spiro atoms. The van der Waals surface area contributed by atoms with Crippen LogP contribution >= 0.6 is 23.1 Å². The largest absolute Gasteiger partial charge is 0.307 e. The van der Waals surface area contributed by atoms with Gasteiger partial charge in [-0.25, -0.2) is 9.97 Å². The van der Waals surface area contributed by atoms with E-state index < -0.39 is 0 Å². The molecule has 0 aliphatic carbocycles. The molecule has 24 heavy (non-hydrogen) atoms. The van der Waals surface area contributed by atoms with Gasteiger partial charge in [0.1, 0.15) is 10.5 Å². The fourth-order valence-corrected chi connectivity index (χ4v) is 4.57. The molecule has 0 bridgehead atoms. The Labute approximate surface area is 147 Å². The van der Waals surface area contributed by atoms with Crippen LogP contribution in [-0.2, 0) is 12.3 Å². The molecule has 0 radical (unpaired) electrons. The number of rotatable bonds is 4. The standard InChI is InChI=1S/C17H16N4OS2/c1-3-21-16(22)13-8-11(2)24-15(13)19-17(21)23-10-12-9-20-7-5-4-6-14(20)18-12/h4-9H,3,10H2,1-2H3. The Morgan fingerprint density at radius 3 is 2.96 bits per heavy atom. The molecule has 0 aromatic carbocycles. The lowest BCUT2D eigenvalue weighted by Gasteiger charge is -2.08. The number of nitrogens with zero attached hydrogens (tertiary/aromatic N) is 4. The maximum atomic E-state index is 12.6. The summed E-state index contributed by atoms with van der Waals surface area (Å²) in [7, 11) is 0. The predicted molar refractivity (Wildman–Crippen MR) is 99.0 cm³/mol. The highest BCUT2D eigenvalue weighted by Crippen LogP contribution is 2.26. The zero-order valence-electron chi connectivity index (χ0n) is 13.4. The van der Waals surface area contributed by atoms with Gasteiger partial charge in [0.25, 0.3) is 5.56 Å². The van der Waals surface area contributed by atoms with Crippen molar-refractivity contribution in [2.24, 2.45) is 0 Å². The van der Waals surface area contributed by atoms with E-state index >= 15 is 0 Å². The maximum absolute atomic E-state index is 12.6. The minimum absolute atomic E-state index is 0.0457. The van der Waals surface area contributed by atoms with Gasteiger partial charge in [0.05, 0.1) is 11.1 Å². The van der Waals surface area contributed by atoms with Gasteiger partial charge >= 0.3 is 0 Å². The number of thiophene rings is 1. The van der Waals surface area contributed by atoms with Gasteiger partial charge in [0.15, 0.2) is 5.16 Å². The molecule has 0 N–H and O–H groups in total. The number of fused-ring (bicyclic) bond motifs is 2. The number of hydrogen-bond acceptors (Lipinski definition) is 5. The quantitative estimate of drug-likeness (QED) is 0.413. The van der Waals surface area contributed by atoms with Gasteiger partial charge in [-0.15, -0.1) is 11.3 Å². The Balaban J connectivity index is 1.69. The molecular formula is C17H16N4OS2. The molecule has 0 unspecified atom stereocenters.